The predicted molar refractivity (Wildman–Crippen MR) is 66.8 cm³/mol. The Balaban J connectivity index is 1.97. The van der Waals surface area contributed by atoms with E-state index in [0.717, 1.165) is 37.9 Å². The molecule has 18 heavy (non-hydrogen) atoms. The first-order valence-electron chi connectivity index (χ1n) is 6.55. The van der Waals surface area contributed by atoms with Gasteiger partial charge in [-0.05, 0) is 25.7 Å². The maximum atomic E-state index is 12.1. The number of hydrogen-bond acceptors (Lipinski definition) is 4. The Labute approximate surface area is 107 Å². The molecule has 1 saturated heterocycles. The first kappa shape index (κ1) is 12.2. The van der Waals surface area contributed by atoms with Crippen LogP contribution < -0.4 is 0 Å². The number of hydrogen-bond donors (Lipinski definition) is 1. The Morgan fingerprint density at radius 2 is 2.11 bits per heavy atom. The topological polar surface area (TPSA) is 72.2 Å². The molecule has 0 radical (unpaired) electrons. The lowest BCUT2D eigenvalue weighted by atomic mass is 10.1. The molecule has 2 unspecified atom stereocenters. The van der Waals surface area contributed by atoms with E-state index in [0.29, 0.717) is 12.1 Å². The summed E-state index contributed by atoms with van der Waals surface area (Å²) in [4.78, 5) is 4.44. The summed E-state index contributed by atoms with van der Waals surface area (Å²) in [5, 5.41) is 9.42. The average Bonchev–Trinajstić information content (AvgIpc) is 2.73. The minimum Gasteiger partial charge on any atom is -0.373 e. The van der Waals surface area contributed by atoms with E-state index in [1.165, 1.54) is 0 Å². The number of aromatic nitrogens is 2. The minimum absolute atomic E-state index is 0.266. The molecule has 0 aromatic carbocycles. The summed E-state index contributed by atoms with van der Waals surface area (Å²) in [6.07, 6.45) is 6.02. The number of rotatable bonds is 1. The van der Waals surface area contributed by atoms with Gasteiger partial charge in [-0.1, -0.05) is 6.42 Å². The summed E-state index contributed by atoms with van der Waals surface area (Å²) in [7, 11) is -3.05. The Morgan fingerprint density at radius 1 is 1.28 bits per heavy atom. The highest BCUT2D eigenvalue weighted by atomic mass is 32.2. The van der Waals surface area contributed by atoms with Crippen molar-refractivity contribution in [3.63, 3.8) is 0 Å². The lowest BCUT2D eigenvalue weighted by Gasteiger charge is -2.20. The van der Waals surface area contributed by atoms with Crippen LogP contribution in [0.25, 0.3) is 0 Å². The second-order valence-electron chi connectivity index (χ2n) is 5.21. The zero-order valence-electron chi connectivity index (χ0n) is 10.2. The van der Waals surface area contributed by atoms with E-state index in [9.17, 15) is 13.5 Å². The minimum atomic E-state index is -3.05. The number of aliphatic hydroxyl groups excluding tert-OH is 1. The highest BCUT2D eigenvalue weighted by Gasteiger charge is 2.33. The SMILES string of the molecule is O=S1(=O)CCCCC1c1cn2c(n1)CCCC2O. The van der Waals surface area contributed by atoms with E-state index in [1.54, 1.807) is 10.8 Å². The molecule has 0 amide bonds. The molecule has 0 spiro atoms. The largest absolute Gasteiger partial charge is 0.373 e. The van der Waals surface area contributed by atoms with Crippen molar-refractivity contribution < 1.29 is 13.5 Å². The first-order valence-corrected chi connectivity index (χ1v) is 8.27. The van der Waals surface area contributed by atoms with Crippen LogP contribution in [0.15, 0.2) is 6.20 Å². The number of aliphatic hydroxyl groups is 1. The number of imidazole rings is 1. The monoisotopic (exact) mass is 270 g/mol. The van der Waals surface area contributed by atoms with Crippen molar-refractivity contribution in [3.8, 4) is 0 Å². The van der Waals surface area contributed by atoms with E-state index in [2.05, 4.69) is 4.98 Å². The van der Waals surface area contributed by atoms with Gasteiger partial charge in [0.05, 0.1) is 11.4 Å². The van der Waals surface area contributed by atoms with Crippen LogP contribution in [-0.4, -0.2) is 28.8 Å². The lowest BCUT2D eigenvalue weighted by molar-refractivity contribution is 0.0780. The first-order chi connectivity index (χ1) is 8.58. The molecule has 6 heteroatoms. The normalized spacial score (nSPS) is 30.9. The summed E-state index contributed by atoms with van der Waals surface area (Å²) >= 11 is 0. The summed E-state index contributed by atoms with van der Waals surface area (Å²) < 4.78 is 25.9. The lowest BCUT2D eigenvalue weighted by Crippen LogP contribution is -2.21. The molecule has 2 aliphatic rings. The average molecular weight is 270 g/mol. The van der Waals surface area contributed by atoms with E-state index in [4.69, 9.17) is 0 Å². The van der Waals surface area contributed by atoms with Crippen LogP contribution in [-0.2, 0) is 16.3 Å². The van der Waals surface area contributed by atoms with Crippen molar-refractivity contribution in [2.75, 3.05) is 5.75 Å². The molecule has 1 aromatic rings. The fraction of sp³-hybridized carbons (Fsp3) is 0.750. The molecule has 1 aromatic heterocycles. The molecule has 0 bridgehead atoms. The number of sulfone groups is 1. The van der Waals surface area contributed by atoms with Gasteiger partial charge in [-0.15, -0.1) is 0 Å². The van der Waals surface area contributed by atoms with Crippen molar-refractivity contribution in [2.24, 2.45) is 0 Å². The highest BCUT2D eigenvalue weighted by molar-refractivity contribution is 7.91. The van der Waals surface area contributed by atoms with Gasteiger partial charge in [0, 0.05) is 12.6 Å². The molecule has 1 fully saturated rings. The second-order valence-corrected chi connectivity index (χ2v) is 7.52. The smallest absolute Gasteiger partial charge is 0.158 e. The Kier molecular flexibility index (Phi) is 2.94. The van der Waals surface area contributed by atoms with E-state index in [-0.39, 0.29) is 5.75 Å². The molecule has 1 N–H and O–H groups in total. The van der Waals surface area contributed by atoms with E-state index < -0.39 is 21.3 Å². The van der Waals surface area contributed by atoms with Gasteiger partial charge in [0.1, 0.15) is 17.3 Å². The highest BCUT2D eigenvalue weighted by Crippen LogP contribution is 2.34. The molecule has 5 nitrogen and oxygen atoms in total. The van der Waals surface area contributed by atoms with Crippen molar-refractivity contribution in [1.82, 2.24) is 9.55 Å². The molecule has 0 aliphatic carbocycles. The summed E-state index contributed by atoms with van der Waals surface area (Å²) in [6, 6.07) is 0. The maximum absolute atomic E-state index is 12.1. The second kappa shape index (κ2) is 4.35. The standard InChI is InChI=1S/C12H18N2O3S/c15-12-6-3-5-11-13-9(8-14(11)12)10-4-1-2-7-18(10,16)17/h8,10,12,15H,1-7H2. The zero-order valence-corrected chi connectivity index (χ0v) is 11.1. The van der Waals surface area contributed by atoms with Gasteiger partial charge in [-0.25, -0.2) is 13.4 Å². The van der Waals surface area contributed by atoms with Gasteiger partial charge in [-0.3, -0.25) is 0 Å². The molecule has 100 valence electrons. The molecule has 2 atom stereocenters. The predicted octanol–water partition coefficient (Wildman–Crippen LogP) is 1.35. The fourth-order valence-corrected chi connectivity index (χ4v) is 4.82. The summed E-state index contributed by atoms with van der Waals surface area (Å²) in [6.45, 7) is 0. The molecule has 3 rings (SSSR count). The van der Waals surface area contributed by atoms with Gasteiger partial charge in [-0.2, -0.15) is 0 Å². The maximum Gasteiger partial charge on any atom is 0.158 e. The van der Waals surface area contributed by atoms with Crippen LogP contribution >= 0.6 is 0 Å². The number of aryl methyl sites for hydroxylation is 1. The third-order valence-corrected chi connectivity index (χ3v) is 6.12. The molecular weight excluding hydrogens is 252 g/mol. The number of fused-ring (bicyclic) bond motifs is 1. The summed E-state index contributed by atoms with van der Waals surface area (Å²) in [5.41, 5.74) is 0.630. The Bertz CT molecular complexity index is 550. The van der Waals surface area contributed by atoms with Gasteiger partial charge in [0.25, 0.3) is 0 Å². The zero-order chi connectivity index (χ0) is 12.8. The van der Waals surface area contributed by atoms with Gasteiger partial charge in [0.15, 0.2) is 9.84 Å². The van der Waals surface area contributed by atoms with E-state index in [1.807, 2.05) is 0 Å². The van der Waals surface area contributed by atoms with Crippen LogP contribution in [0, 0.1) is 0 Å². The number of nitrogens with zero attached hydrogens (tertiary/aromatic N) is 2. The van der Waals surface area contributed by atoms with Crippen LogP contribution in [0.3, 0.4) is 0 Å². The molecule has 3 heterocycles. The van der Waals surface area contributed by atoms with E-state index >= 15 is 0 Å². The third-order valence-electron chi connectivity index (χ3n) is 3.92. The van der Waals surface area contributed by atoms with Gasteiger partial charge in [0.2, 0.25) is 0 Å². The van der Waals surface area contributed by atoms with Gasteiger partial charge < -0.3 is 9.67 Å². The van der Waals surface area contributed by atoms with Crippen molar-refractivity contribution >= 4 is 9.84 Å². The van der Waals surface area contributed by atoms with Crippen LogP contribution in [0.4, 0.5) is 0 Å². The van der Waals surface area contributed by atoms with Crippen molar-refractivity contribution in [3.05, 3.63) is 17.7 Å². The van der Waals surface area contributed by atoms with Gasteiger partial charge >= 0.3 is 0 Å². The Hall–Kier alpha value is -0.880. The van der Waals surface area contributed by atoms with Crippen molar-refractivity contribution in [2.45, 2.75) is 50.0 Å². The molecule has 0 saturated carbocycles. The van der Waals surface area contributed by atoms with Crippen LogP contribution in [0.2, 0.25) is 0 Å². The van der Waals surface area contributed by atoms with Crippen LogP contribution in [0.1, 0.15) is 55.1 Å². The fourth-order valence-electron chi connectivity index (χ4n) is 2.92. The Morgan fingerprint density at radius 3 is 2.83 bits per heavy atom. The quantitative estimate of drug-likeness (QED) is 0.836. The molecular formula is C12H18N2O3S. The third kappa shape index (κ3) is 1.97. The molecule has 2 aliphatic heterocycles. The van der Waals surface area contributed by atoms with Crippen molar-refractivity contribution in [1.29, 1.82) is 0 Å². The van der Waals surface area contributed by atoms with Crippen LogP contribution in [0.5, 0.6) is 0 Å². The summed E-state index contributed by atoms with van der Waals surface area (Å²) in [5.74, 6) is 1.09.